The summed E-state index contributed by atoms with van der Waals surface area (Å²) in [5, 5.41) is 29.2. The highest BCUT2D eigenvalue weighted by atomic mass is 19.1. The molecule has 0 aliphatic carbocycles. The molecule has 0 bridgehead atoms. The molecular formula is C20H13FO6. The highest BCUT2D eigenvalue weighted by Crippen LogP contribution is 2.34. The number of hydrogen-bond donors (Lipinski definition) is 3. The van der Waals surface area contributed by atoms with Crippen LogP contribution in [-0.4, -0.2) is 15.3 Å². The summed E-state index contributed by atoms with van der Waals surface area (Å²) in [7, 11) is 0. The first-order valence-electron chi connectivity index (χ1n) is 7.96. The number of aromatic hydroxyl groups is 3. The fourth-order valence-electron chi connectivity index (χ4n) is 2.84. The molecule has 136 valence electrons. The standard InChI is InChI=1S/C20H13FO6/c21-13-4-2-1-3-10(13)9-26-17-5-11(22)6-18-19(17)20(25)12-7-14(23)15(24)8-16(12)27-18/h1-8,22-24H,9H2. The van der Waals surface area contributed by atoms with Crippen molar-refractivity contribution in [3.63, 3.8) is 0 Å². The molecule has 4 rings (SSSR count). The summed E-state index contributed by atoms with van der Waals surface area (Å²) in [5.41, 5.74) is -0.179. The molecule has 0 fully saturated rings. The fraction of sp³-hybridized carbons (Fsp3) is 0.0500. The van der Waals surface area contributed by atoms with Crippen molar-refractivity contribution in [2.45, 2.75) is 6.61 Å². The average molecular weight is 368 g/mol. The number of rotatable bonds is 3. The molecular weight excluding hydrogens is 355 g/mol. The first-order chi connectivity index (χ1) is 12.9. The third-order valence-corrected chi connectivity index (χ3v) is 4.16. The van der Waals surface area contributed by atoms with Gasteiger partial charge in [0.25, 0.3) is 0 Å². The van der Waals surface area contributed by atoms with Gasteiger partial charge in [-0.2, -0.15) is 0 Å². The molecule has 4 aromatic rings. The van der Waals surface area contributed by atoms with Crippen molar-refractivity contribution in [3.05, 3.63) is 70.1 Å². The van der Waals surface area contributed by atoms with Crippen LogP contribution in [0.15, 0.2) is 57.7 Å². The zero-order chi connectivity index (χ0) is 19.1. The largest absolute Gasteiger partial charge is 0.508 e. The SMILES string of the molecule is O=c1c2cc(O)c(O)cc2oc2cc(O)cc(OCc3ccccc3F)c12. The molecule has 7 heteroatoms. The Labute approximate surface area is 151 Å². The Morgan fingerprint density at radius 1 is 0.963 bits per heavy atom. The third kappa shape index (κ3) is 2.89. The maximum atomic E-state index is 13.8. The summed E-state index contributed by atoms with van der Waals surface area (Å²) >= 11 is 0. The van der Waals surface area contributed by atoms with Gasteiger partial charge in [-0.25, -0.2) is 4.39 Å². The van der Waals surface area contributed by atoms with Crippen LogP contribution in [0.25, 0.3) is 21.9 Å². The predicted molar refractivity (Wildman–Crippen MR) is 95.7 cm³/mol. The Morgan fingerprint density at radius 2 is 1.70 bits per heavy atom. The van der Waals surface area contributed by atoms with Crippen LogP contribution in [0.1, 0.15) is 5.56 Å². The molecule has 6 nitrogen and oxygen atoms in total. The summed E-state index contributed by atoms with van der Waals surface area (Å²) in [5.74, 6) is -1.57. The number of fused-ring (bicyclic) bond motifs is 2. The molecule has 3 N–H and O–H groups in total. The molecule has 0 atom stereocenters. The van der Waals surface area contributed by atoms with E-state index in [0.717, 1.165) is 12.1 Å². The van der Waals surface area contributed by atoms with Crippen molar-refractivity contribution in [1.82, 2.24) is 0 Å². The van der Waals surface area contributed by atoms with Crippen molar-refractivity contribution in [2.75, 3.05) is 0 Å². The lowest BCUT2D eigenvalue weighted by molar-refractivity contribution is 0.301. The molecule has 0 spiro atoms. The van der Waals surface area contributed by atoms with Crippen LogP contribution in [0.5, 0.6) is 23.0 Å². The third-order valence-electron chi connectivity index (χ3n) is 4.16. The molecule has 0 radical (unpaired) electrons. The van der Waals surface area contributed by atoms with E-state index < -0.39 is 22.7 Å². The van der Waals surface area contributed by atoms with Crippen molar-refractivity contribution >= 4 is 21.9 Å². The Kier molecular flexibility index (Phi) is 3.84. The zero-order valence-electron chi connectivity index (χ0n) is 13.8. The smallest absolute Gasteiger partial charge is 0.204 e. The maximum absolute atomic E-state index is 13.8. The zero-order valence-corrected chi connectivity index (χ0v) is 13.8. The molecule has 0 aliphatic heterocycles. The molecule has 0 saturated carbocycles. The second-order valence-electron chi connectivity index (χ2n) is 5.97. The van der Waals surface area contributed by atoms with Crippen LogP contribution in [-0.2, 0) is 6.61 Å². The number of hydrogen-bond acceptors (Lipinski definition) is 6. The quantitative estimate of drug-likeness (QED) is 0.376. The van der Waals surface area contributed by atoms with E-state index in [1.54, 1.807) is 18.2 Å². The van der Waals surface area contributed by atoms with Crippen molar-refractivity contribution < 1.29 is 28.9 Å². The lowest BCUT2D eigenvalue weighted by atomic mass is 10.1. The minimum atomic E-state index is -0.523. The van der Waals surface area contributed by atoms with Gasteiger partial charge in [-0.05, 0) is 12.1 Å². The lowest BCUT2D eigenvalue weighted by Crippen LogP contribution is -2.06. The number of ether oxygens (including phenoxy) is 1. The first kappa shape index (κ1) is 16.7. The van der Waals surface area contributed by atoms with Gasteiger partial charge in [0, 0.05) is 23.8 Å². The van der Waals surface area contributed by atoms with Gasteiger partial charge in [0.15, 0.2) is 11.5 Å². The second-order valence-corrected chi connectivity index (χ2v) is 5.97. The van der Waals surface area contributed by atoms with E-state index in [9.17, 15) is 24.5 Å². The lowest BCUT2D eigenvalue weighted by Gasteiger charge is -2.11. The number of phenols is 3. The predicted octanol–water partition coefficient (Wildman–Crippen LogP) is 3.78. The Morgan fingerprint density at radius 3 is 2.48 bits per heavy atom. The fourth-order valence-corrected chi connectivity index (χ4v) is 2.84. The summed E-state index contributed by atoms with van der Waals surface area (Å²) < 4.78 is 24.9. The van der Waals surface area contributed by atoms with E-state index in [0.29, 0.717) is 0 Å². The summed E-state index contributed by atoms with van der Waals surface area (Å²) in [6, 6.07) is 10.7. The van der Waals surface area contributed by atoms with E-state index in [1.165, 1.54) is 18.2 Å². The highest BCUT2D eigenvalue weighted by molar-refractivity contribution is 5.95. The molecule has 0 aliphatic rings. The van der Waals surface area contributed by atoms with Crippen molar-refractivity contribution in [3.8, 4) is 23.0 Å². The molecule has 0 unspecified atom stereocenters. The minimum Gasteiger partial charge on any atom is -0.508 e. The van der Waals surface area contributed by atoms with Crippen LogP contribution < -0.4 is 10.2 Å². The van der Waals surface area contributed by atoms with Gasteiger partial charge in [0.1, 0.15) is 40.5 Å². The van der Waals surface area contributed by atoms with Gasteiger partial charge in [-0.1, -0.05) is 18.2 Å². The summed E-state index contributed by atoms with van der Waals surface area (Å²) in [6.45, 7) is -0.163. The van der Waals surface area contributed by atoms with Crippen LogP contribution in [0.3, 0.4) is 0 Å². The summed E-state index contributed by atoms with van der Waals surface area (Å²) in [6.07, 6.45) is 0. The Balaban J connectivity index is 1.89. The van der Waals surface area contributed by atoms with E-state index in [2.05, 4.69) is 0 Å². The van der Waals surface area contributed by atoms with Crippen LogP contribution in [0.2, 0.25) is 0 Å². The maximum Gasteiger partial charge on any atom is 0.204 e. The molecule has 0 amide bonds. The van der Waals surface area contributed by atoms with Gasteiger partial charge in [-0.15, -0.1) is 0 Å². The number of benzene rings is 3. The van der Waals surface area contributed by atoms with E-state index >= 15 is 0 Å². The monoisotopic (exact) mass is 368 g/mol. The molecule has 1 heterocycles. The van der Waals surface area contributed by atoms with Gasteiger partial charge in [0.2, 0.25) is 5.43 Å². The minimum absolute atomic E-state index is 0.0106. The van der Waals surface area contributed by atoms with Gasteiger partial charge in [0.05, 0.1) is 5.39 Å². The average Bonchev–Trinajstić information content (AvgIpc) is 2.62. The Bertz CT molecular complexity index is 1240. The van der Waals surface area contributed by atoms with Crippen LogP contribution in [0.4, 0.5) is 4.39 Å². The van der Waals surface area contributed by atoms with Crippen LogP contribution >= 0.6 is 0 Å². The van der Waals surface area contributed by atoms with E-state index in [4.69, 9.17) is 9.15 Å². The highest BCUT2D eigenvalue weighted by Gasteiger charge is 2.17. The number of phenolic OH excluding ortho intramolecular Hbond substituents is 3. The van der Waals surface area contributed by atoms with Gasteiger partial charge >= 0.3 is 0 Å². The molecule has 27 heavy (non-hydrogen) atoms. The molecule has 1 aromatic heterocycles. The van der Waals surface area contributed by atoms with E-state index in [1.807, 2.05) is 0 Å². The van der Waals surface area contributed by atoms with Gasteiger partial charge < -0.3 is 24.5 Å². The molecule has 3 aromatic carbocycles. The molecule has 0 saturated heterocycles. The van der Waals surface area contributed by atoms with Gasteiger partial charge in [-0.3, -0.25) is 4.79 Å². The van der Waals surface area contributed by atoms with Crippen molar-refractivity contribution in [2.24, 2.45) is 0 Å². The second kappa shape index (κ2) is 6.21. The number of halogens is 1. The van der Waals surface area contributed by atoms with Crippen molar-refractivity contribution in [1.29, 1.82) is 0 Å². The normalized spacial score (nSPS) is 11.1. The first-order valence-corrected chi connectivity index (χ1v) is 7.96. The van der Waals surface area contributed by atoms with E-state index in [-0.39, 0.29) is 45.6 Å². The van der Waals surface area contributed by atoms with Crippen LogP contribution in [0, 0.1) is 5.82 Å². The topological polar surface area (TPSA) is 100 Å². The summed E-state index contributed by atoms with van der Waals surface area (Å²) in [4.78, 5) is 12.9. The Hall–Kier alpha value is -3.74.